The Morgan fingerprint density at radius 2 is 1.62 bits per heavy atom. The number of hydrogen-bond donors (Lipinski definition) is 8. The zero-order chi connectivity index (χ0) is 33.9. The van der Waals surface area contributed by atoms with Gasteiger partial charge in [0.25, 0.3) is 0 Å². The van der Waals surface area contributed by atoms with Crippen molar-refractivity contribution in [2.75, 3.05) is 11.9 Å². The first-order valence-electron chi connectivity index (χ1n) is 14.3. The Kier molecular flexibility index (Phi) is 12.9. The number of hydrogen-bond acceptors (Lipinski definition) is 9. The molecule has 0 saturated carbocycles. The largest absolute Gasteiger partial charge is 0.444 e. The van der Waals surface area contributed by atoms with Crippen molar-refractivity contribution >= 4 is 52.3 Å². The average Bonchev–Trinajstić information content (AvgIpc) is 2.90. The van der Waals surface area contributed by atoms with Crippen LogP contribution >= 0.6 is 0 Å². The van der Waals surface area contributed by atoms with Crippen LogP contribution in [0, 0.1) is 12.3 Å². The van der Waals surface area contributed by atoms with Gasteiger partial charge in [0.15, 0.2) is 5.96 Å². The molecule has 246 valence electrons. The molecule has 1 heterocycles. The lowest BCUT2D eigenvalue weighted by atomic mass is 10.1. The van der Waals surface area contributed by atoms with Gasteiger partial charge in [-0.2, -0.15) is 0 Å². The molecule has 0 saturated heterocycles. The first kappa shape index (κ1) is 36.0. The lowest BCUT2D eigenvalue weighted by molar-refractivity contribution is -0.131. The van der Waals surface area contributed by atoms with Crippen molar-refractivity contribution < 1.29 is 33.1 Å². The van der Waals surface area contributed by atoms with Gasteiger partial charge in [0.05, 0.1) is 0 Å². The van der Waals surface area contributed by atoms with Crippen LogP contribution in [0.5, 0.6) is 0 Å². The van der Waals surface area contributed by atoms with Crippen LogP contribution in [0.25, 0.3) is 11.0 Å². The fourth-order valence-electron chi connectivity index (χ4n) is 4.11. The topological polar surface area (TPSA) is 261 Å². The molecule has 45 heavy (non-hydrogen) atoms. The maximum atomic E-state index is 13.3. The molecule has 16 nitrogen and oxygen atoms in total. The predicted octanol–water partition coefficient (Wildman–Crippen LogP) is 0.451. The van der Waals surface area contributed by atoms with E-state index < -0.39 is 59.1 Å². The van der Waals surface area contributed by atoms with Crippen molar-refractivity contribution in [3.8, 4) is 0 Å². The lowest BCUT2D eigenvalue weighted by Crippen LogP contribution is -2.55. The Balaban J connectivity index is 2.16. The molecule has 0 bridgehead atoms. The van der Waals surface area contributed by atoms with Crippen LogP contribution in [0.1, 0.15) is 58.9 Å². The smallest absolute Gasteiger partial charge is 0.408 e. The quantitative estimate of drug-likeness (QED) is 0.0618. The molecule has 0 aliphatic rings. The van der Waals surface area contributed by atoms with Crippen molar-refractivity contribution in [3.05, 3.63) is 40.2 Å². The zero-order valence-electron chi connectivity index (χ0n) is 26.0. The Bertz CT molecular complexity index is 1480. The third kappa shape index (κ3) is 12.5. The molecular formula is C29H42N8O8. The highest BCUT2D eigenvalue weighted by molar-refractivity contribution is 6.00. The number of guanidine groups is 1. The molecule has 5 amide bonds. The van der Waals surface area contributed by atoms with E-state index >= 15 is 0 Å². The number of amides is 5. The number of nitrogens with two attached hydrogens (primary N) is 2. The Labute approximate surface area is 259 Å². The van der Waals surface area contributed by atoms with Gasteiger partial charge in [0.1, 0.15) is 29.3 Å². The first-order valence-corrected chi connectivity index (χ1v) is 14.3. The monoisotopic (exact) mass is 630 g/mol. The number of alkyl carbamates (subject to hydrolysis) is 1. The fraction of sp³-hybridized carbons (Fsp3) is 0.483. The van der Waals surface area contributed by atoms with E-state index in [9.17, 15) is 28.8 Å². The van der Waals surface area contributed by atoms with Crippen molar-refractivity contribution in [3.63, 3.8) is 0 Å². The van der Waals surface area contributed by atoms with E-state index in [-0.39, 0.29) is 37.3 Å². The second-order valence-electron chi connectivity index (χ2n) is 11.4. The van der Waals surface area contributed by atoms with E-state index in [2.05, 4.69) is 26.6 Å². The number of aryl methyl sites for hydroxylation is 1. The number of fused-ring (bicyclic) bond motifs is 1. The fourth-order valence-corrected chi connectivity index (χ4v) is 4.11. The van der Waals surface area contributed by atoms with Crippen molar-refractivity contribution in [1.82, 2.24) is 21.3 Å². The molecule has 0 spiro atoms. The number of carbonyl (C=O) groups excluding carboxylic acids is 5. The van der Waals surface area contributed by atoms with Gasteiger partial charge in [-0.05, 0) is 71.6 Å². The van der Waals surface area contributed by atoms with E-state index in [4.69, 9.17) is 26.0 Å². The second-order valence-corrected chi connectivity index (χ2v) is 11.4. The van der Waals surface area contributed by atoms with Gasteiger partial charge >= 0.3 is 11.7 Å². The number of benzene rings is 1. The van der Waals surface area contributed by atoms with Crippen LogP contribution in [0.3, 0.4) is 0 Å². The Morgan fingerprint density at radius 1 is 0.956 bits per heavy atom. The summed E-state index contributed by atoms with van der Waals surface area (Å²) in [6, 6.07) is 2.66. The molecule has 1 aromatic carbocycles. The SMILES string of the molecule is Cc1cc(=O)oc2cc(NC(=O)[C@H](CCCNC(=N)N)NC(=O)[C@H](C)NC(=O)[C@H](CCC(N)=O)NC(=O)OC(C)(C)C)ccc12. The molecule has 2 aromatic rings. The molecule has 0 fully saturated rings. The van der Waals surface area contributed by atoms with Crippen molar-refractivity contribution in [2.45, 2.75) is 84.0 Å². The van der Waals surface area contributed by atoms with Crippen LogP contribution in [0.15, 0.2) is 33.5 Å². The molecule has 3 atom stereocenters. The van der Waals surface area contributed by atoms with Gasteiger partial charge in [-0.3, -0.25) is 24.6 Å². The summed E-state index contributed by atoms with van der Waals surface area (Å²) in [7, 11) is 0. The summed E-state index contributed by atoms with van der Waals surface area (Å²) >= 11 is 0. The predicted molar refractivity (Wildman–Crippen MR) is 166 cm³/mol. The summed E-state index contributed by atoms with van der Waals surface area (Å²) in [6.07, 6.45) is -0.804. The van der Waals surface area contributed by atoms with E-state index in [0.717, 1.165) is 0 Å². The van der Waals surface area contributed by atoms with Crippen molar-refractivity contribution in [1.29, 1.82) is 5.41 Å². The molecule has 2 rings (SSSR count). The zero-order valence-corrected chi connectivity index (χ0v) is 26.0. The van der Waals surface area contributed by atoms with E-state index in [1.165, 1.54) is 19.1 Å². The van der Waals surface area contributed by atoms with Crippen LogP contribution in [0.2, 0.25) is 0 Å². The maximum Gasteiger partial charge on any atom is 0.408 e. The first-order chi connectivity index (χ1) is 20.9. The van der Waals surface area contributed by atoms with Gasteiger partial charge in [-0.25, -0.2) is 9.59 Å². The molecule has 16 heteroatoms. The highest BCUT2D eigenvalue weighted by Crippen LogP contribution is 2.21. The summed E-state index contributed by atoms with van der Waals surface area (Å²) in [4.78, 5) is 74.8. The Hall–Kier alpha value is -5.15. The van der Waals surface area contributed by atoms with Crippen LogP contribution < -0.4 is 43.7 Å². The maximum absolute atomic E-state index is 13.3. The highest BCUT2D eigenvalue weighted by atomic mass is 16.6. The standard InChI is InChI=1S/C29H42N8O8/c1-15-13-23(39)44-21-14-17(8-9-18(15)21)35-26(42)19(7-6-12-33-27(31)32)36-24(40)16(2)34-25(41)20(10-11-22(30)38)37-28(43)45-29(3,4)5/h8-9,13-14,16,19-20H,6-7,10-12H2,1-5H3,(H2,30,38)(H,34,41)(H,35,42)(H,36,40)(H,37,43)(H4,31,32,33)/t16-,19-,20-/m0/s1. The van der Waals surface area contributed by atoms with Crippen molar-refractivity contribution in [2.24, 2.45) is 11.5 Å². The van der Waals surface area contributed by atoms with Gasteiger partial charge in [-0.15, -0.1) is 0 Å². The number of carbonyl (C=O) groups is 5. The molecule has 0 aliphatic carbocycles. The molecule has 0 aliphatic heterocycles. The molecule has 0 unspecified atom stereocenters. The number of ether oxygens (including phenoxy) is 1. The summed E-state index contributed by atoms with van der Waals surface area (Å²) < 4.78 is 10.4. The average molecular weight is 631 g/mol. The Morgan fingerprint density at radius 3 is 2.24 bits per heavy atom. The third-order valence-electron chi connectivity index (χ3n) is 6.28. The number of primary amides is 1. The summed E-state index contributed by atoms with van der Waals surface area (Å²) in [5, 5.41) is 20.8. The normalized spacial score (nSPS) is 13.1. The molecule has 1 aromatic heterocycles. The van der Waals surface area contributed by atoms with Crippen LogP contribution in [-0.2, 0) is 23.9 Å². The third-order valence-corrected chi connectivity index (χ3v) is 6.28. The summed E-state index contributed by atoms with van der Waals surface area (Å²) in [6.45, 7) is 8.30. The number of anilines is 1. The van der Waals surface area contributed by atoms with E-state index in [1.54, 1.807) is 39.8 Å². The molecular weight excluding hydrogens is 588 g/mol. The minimum Gasteiger partial charge on any atom is -0.444 e. The number of nitrogens with one attached hydrogen (secondary N) is 6. The molecule has 0 radical (unpaired) electrons. The summed E-state index contributed by atoms with van der Waals surface area (Å²) in [5.41, 5.74) is 10.4. The van der Waals surface area contributed by atoms with E-state index in [1.807, 2.05) is 0 Å². The second kappa shape index (κ2) is 16.1. The van der Waals surface area contributed by atoms with Crippen LogP contribution in [0.4, 0.5) is 10.5 Å². The van der Waals surface area contributed by atoms with Crippen LogP contribution in [-0.4, -0.2) is 66.0 Å². The minimum atomic E-state index is -1.24. The van der Waals surface area contributed by atoms with E-state index in [0.29, 0.717) is 23.1 Å². The number of rotatable bonds is 14. The highest BCUT2D eigenvalue weighted by Gasteiger charge is 2.29. The minimum absolute atomic E-state index is 0.127. The van der Waals surface area contributed by atoms with Gasteiger partial charge in [-0.1, -0.05) is 0 Å². The van der Waals surface area contributed by atoms with Gasteiger partial charge in [0, 0.05) is 36.2 Å². The lowest BCUT2D eigenvalue weighted by Gasteiger charge is -2.25. The van der Waals surface area contributed by atoms with Gasteiger partial charge in [0.2, 0.25) is 23.6 Å². The van der Waals surface area contributed by atoms with Gasteiger partial charge < -0.3 is 47.2 Å². The summed E-state index contributed by atoms with van der Waals surface area (Å²) in [5.74, 6) is -3.03. The molecule has 10 N–H and O–H groups in total.